The quantitative estimate of drug-likeness (QED) is 0.769. The van der Waals surface area contributed by atoms with Gasteiger partial charge in [0, 0.05) is 17.8 Å². The number of aliphatic hydroxyl groups excluding tert-OH is 1. The van der Waals surface area contributed by atoms with E-state index in [1.807, 2.05) is 0 Å². The molecule has 0 spiro atoms. The Morgan fingerprint density at radius 1 is 1.26 bits per heavy atom. The van der Waals surface area contributed by atoms with Crippen LogP contribution in [0.5, 0.6) is 5.75 Å². The van der Waals surface area contributed by atoms with Gasteiger partial charge in [0.05, 0.1) is 13.2 Å². The zero-order chi connectivity index (χ0) is 17.0. The maximum absolute atomic E-state index is 12.1. The zero-order valence-electron chi connectivity index (χ0n) is 11.8. The number of rotatable bonds is 6. The largest absolute Gasteiger partial charge is 0.484 e. The standard InChI is InChI=1S/C14H13F3N2O4/c15-14(16,17)8-23-10-3-1-2-9(6-10)18-11-7-12(21)19(4-5-20)13(11)22/h1-3,6-7,18,20H,4-5,8H2. The summed E-state index contributed by atoms with van der Waals surface area (Å²) in [6.07, 6.45) is -3.40. The van der Waals surface area contributed by atoms with E-state index in [-0.39, 0.29) is 24.6 Å². The Balaban J connectivity index is 2.05. The molecule has 23 heavy (non-hydrogen) atoms. The van der Waals surface area contributed by atoms with Crippen molar-refractivity contribution in [3.63, 3.8) is 0 Å². The number of nitrogens with one attached hydrogen (secondary N) is 1. The molecule has 0 aromatic heterocycles. The van der Waals surface area contributed by atoms with E-state index in [2.05, 4.69) is 10.1 Å². The summed E-state index contributed by atoms with van der Waals surface area (Å²) in [5.41, 5.74) is 0.263. The highest BCUT2D eigenvalue weighted by atomic mass is 19.4. The summed E-state index contributed by atoms with van der Waals surface area (Å²) in [5.74, 6) is -1.22. The van der Waals surface area contributed by atoms with Crippen LogP contribution in [-0.4, -0.2) is 47.8 Å². The third kappa shape index (κ3) is 4.46. The second-order valence-electron chi connectivity index (χ2n) is 4.63. The summed E-state index contributed by atoms with van der Waals surface area (Å²) >= 11 is 0. The fraction of sp³-hybridized carbons (Fsp3) is 0.286. The topological polar surface area (TPSA) is 78.9 Å². The minimum Gasteiger partial charge on any atom is -0.484 e. The SMILES string of the molecule is O=C1C=C(Nc2cccc(OCC(F)(F)F)c2)C(=O)N1CCO. The highest BCUT2D eigenvalue weighted by Gasteiger charge is 2.31. The average Bonchev–Trinajstić information content (AvgIpc) is 2.73. The Labute approximate surface area is 129 Å². The van der Waals surface area contributed by atoms with Gasteiger partial charge >= 0.3 is 6.18 Å². The van der Waals surface area contributed by atoms with E-state index in [9.17, 15) is 22.8 Å². The smallest absolute Gasteiger partial charge is 0.422 e. The molecule has 2 amide bonds. The summed E-state index contributed by atoms with van der Waals surface area (Å²) in [7, 11) is 0. The minimum atomic E-state index is -4.45. The summed E-state index contributed by atoms with van der Waals surface area (Å²) in [6, 6.07) is 5.57. The van der Waals surface area contributed by atoms with E-state index in [4.69, 9.17) is 5.11 Å². The number of benzene rings is 1. The molecule has 0 aliphatic carbocycles. The van der Waals surface area contributed by atoms with Gasteiger partial charge in [0.25, 0.3) is 11.8 Å². The molecule has 9 heteroatoms. The van der Waals surface area contributed by atoms with Crippen LogP contribution in [0.3, 0.4) is 0 Å². The van der Waals surface area contributed by atoms with Gasteiger partial charge in [-0.2, -0.15) is 13.2 Å². The van der Waals surface area contributed by atoms with Crippen molar-refractivity contribution < 1.29 is 32.6 Å². The Morgan fingerprint density at radius 2 is 2.00 bits per heavy atom. The third-order valence-corrected chi connectivity index (χ3v) is 2.85. The number of hydrogen-bond donors (Lipinski definition) is 2. The van der Waals surface area contributed by atoms with Gasteiger partial charge in [-0.05, 0) is 12.1 Å². The Morgan fingerprint density at radius 3 is 2.65 bits per heavy atom. The number of nitrogens with zero attached hydrogens (tertiary/aromatic N) is 1. The zero-order valence-corrected chi connectivity index (χ0v) is 11.8. The van der Waals surface area contributed by atoms with Gasteiger partial charge in [-0.15, -0.1) is 0 Å². The Kier molecular flexibility index (Phi) is 4.89. The van der Waals surface area contributed by atoms with E-state index >= 15 is 0 Å². The molecule has 0 radical (unpaired) electrons. The minimum absolute atomic E-state index is 0.0306. The molecule has 0 saturated carbocycles. The van der Waals surface area contributed by atoms with Crippen LogP contribution in [0, 0.1) is 0 Å². The normalized spacial score (nSPS) is 15.0. The molecule has 124 valence electrons. The van der Waals surface area contributed by atoms with Crippen LogP contribution in [0.25, 0.3) is 0 Å². The first kappa shape index (κ1) is 16.8. The summed E-state index contributed by atoms with van der Waals surface area (Å²) in [5, 5.41) is 11.5. The molecule has 1 aliphatic heterocycles. The maximum atomic E-state index is 12.1. The van der Waals surface area contributed by atoms with Crippen molar-refractivity contribution in [1.29, 1.82) is 0 Å². The highest BCUT2D eigenvalue weighted by molar-refractivity contribution is 6.17. The van der Waals surface area contributed by atoms with Gasteiger partial charge in [0.15, 0.2) is 6.61 Å². The van der Waals surface area contributed by atoms with Gasteiger partial charge in [-0.25, -0.2) is 0 Å². The maximum Gasteiger partial charge on any atom is 0.422 e. The van der Waals surface area contributed by atoms with Crippen molar-refractivity contribution in [3.05, 3.63) is 36.0 Å². The molecule has 0 unspecified atom stereocenters. The first-order valence-corrected chi connectivity index (χ1v) is 6.55. The molecule has 0 atom stereocenters. The molecule has 0 saturated heterocycles. The summed E-state index contributed by atoms with van der Waals surface area (Å²) in [4.78, 5) is 24.4. The predicted molar refractivity (Wildman–Crippen MR) is 73.5 cm³/mol. The molecular formula is C14H13F3N2O4. The molecule has 0 fully saturated rings. The van der Waals surface area contributed by atoms with Gasteiger partial charge in [0.2, 0.25) is 0 Å². The number of aliphatic hydroxyl groups is 1. The fourth-order valence-corrected chi connectivity index (χ4v) is 1.89. The molecule has 1 aliphatic rings. The first-order chi connectivity index (χ1) is 10.8. The number of hydrogen-bond acceptors (Lipinski definition) is 5. The number of alkyl halides is 3. The second-order valence-corrected chi connectivity index (χ2v) is 4.63. The lowest BCUT2D eigenvalue weighted by atomic mass is 10.3. The van der Waals surface area contributed by atoms with Crippen LogP contribution in [0.1, 0.15) is 0 Å². The molecule has 2 N–H and O–H groups in total. The van der Waals surface area contributed by atoms with Gasteiger partial charge in [-0.3, -0.25) is 14.5 Å². The van der Waals surface area contributed by atoms with Crippen molar-refractivity contribution in [3.8, 4) is 5.75 Å². The fourth-order valence-electron chi connectivity index (χ4n) is 1.89. The number of amides is 2. The predicted octanol–water partition coefficient (Wildman–Crippen LogP) is 1.28. The average molecular weight is 330 g/mol. The van der Waals surface area contributed by atoms with Crippen molar-refractivity contribution in [2.24, 2.45) is 0 Å². The van der Waals surface area contributed by atoms with E-state index in [1.165, 1.54) is 24.3 Å². The van der Waals surface area contributed by atoms with Crippen LogP contribution in [0.15, 0.2) is 36.0 Å². The summed E-state index contributed by atoms with van der Waals surface area (Å²) in [6.45, 7) is -1.92. The Bertz CT molecular complexity index is 643. The van der Waals surface area contributed by atoms with Gasteiger partial charge < -0.3 is 15.2 Å². The van der Waals surface area contributed by atoms with Crippen LogP contribution >= 0.6 is 0 Å². The van der Waals surface area contributed by atoms with Crippen molar-refractivity contribution in [2.75, 3.05) is 25.1 Å². The van der Waals surface area contributed by atoms with Crippen LogP contribution in [-0.2, 0) is 9.59 Å². The lowest BCUT2D eigenvalue weighted by Gasteiger charge is -2.14. The molecule has 0 bridgehead atoms. The van der Waals surface area contributed by atoms with Crippen molar-refractivity contribution in [2.45, 2.75) is 6.18 Å². The first-order valence-electron chi connectivity index (χ1n) is 6.55. The number of carbonyl (C=O) groups excluding carboxylic acids is 2. The van der Waals surface area contributed by atoms with Crippen LogP contribution < -0.4 is 10.1 Å². The molecule has 1 aromatic rings. The number of carbonyl (C=O) groups is 2. The van der Waals surface area contributed by atoms with Crippen molar-refractivity contribution in [1.82, 2.24) is 4.90 Å². The van der Waals surface area contributed by atoms with E-state index in [1.54, 1.807) is 0 Å². The number of ether oxygens (including phenoxy) is 1. The monoisotopic (exact) mass is 330 g/mol. The molecule has 1 heterocycles. The Hall–Kier alpha value is -2.55. The molecule has 1 aromatic carbocycles. The van der Waals surface area contributed by atoms with Gasteiger partial charge in [0.1, 0.15) is 11.4 Å². The van der Waals surface area contributed by atoms with Crippen LogP contribution in [0.2, 0.25) is 0 Å². The number of halogens is 3. The van der Waals surface area contributed by atoms with E-state index < -0.39 is 24.6 Å². The molecular weight excluding hydrogens is 317 g/mol. The number of imide groups is 1. The highest BCUT2D eigenvalue weighted by Crippen LogP contribution is 2.23. The molecule has 2 rings (SSSR count). The lowest BCUT2D eigenvalue weighted by molar-refractivity contribution is -0.153. The van der Waals surface area contributed by atoms with E-state index in [0.717, 1.165) is 11.0 Å². The van der Waals surface area contributed by atoms with E-state index in [0.29, 0.717) is 5.69 Å². The third-order valence-electron chi connectivity index (χ3n) is 2.85. The second kappa shape index (κ2) is 6.69. The number of anilines is 1. The number of β-amino-alcohol motifs (C(OH)–C–C–N with tert-alkyl or cyclic N) is 1. The summed E-state index contributed by atoms with van der Waals surface area (Å²) < 4.78 is 41.0. The lowest BCUT2D eigenvalue weighted by Crippen LogP contribution is -2.34. The molecule has 6 nitrogen and oxygen atoms in total. The van der Waals surface area contributed by atoms with Crippen molar-refractivity contribution >= 4 is 17.5 Å². The van der Waals surface area contributed by atoms with Gasteiger partial charge in [-0.1, -0.05) is 6.07 Å². The van der Waals surface area contributed by atoms with Crippen LogP contribution in [0.4, 0.5) is 18.9 Å².